The predicted octanol–water partition coefficient (Wildman–Crippen LogP) is 2.50. The predicted molar refractivity (Wildman–Crippen MR) is 146 cm³/mol. The number of carboxylic acids is 1. The Kier molecular flexibility index (Phi) is 9.39. The van der Waals surface area contributed by atoms with Crippen LogP contribution in [0, 0.1) is 5.92 Å². The highest BCUT2D eigenvalue weighted by Crippen LogP contribution is 2.50. The minimum Gasteiger partial charge on any atom is -0.493 e. The van der Waals surface area contributed by atoms with Gasteiger partial charge in [-0.3, -0.25) is 14.4 Å². The van der Waals surface area contributed by atoms with Crippen molar-refractivity contribution < 1.29 is 33.7 Å². The third-order valence-electron chi connectivity index (χ3n) is 6.60. The highest BCUT2D eigenvalue weighted by Gasteiger charge is 2.29. The van der Waals surface area contributed by atoms with Crippen molar-refractivity contribution in [3.63, 3.8) is 0 Å². The van der Waals surface area contributed by atoms with E-state index in [1.165, 1.54) is 34.3 Å². The molecule has 11 nitrogen and oxygen atoms in total. The lowest BCUT2D eigenvalue weighted by atomic mass is 9.95. The molecule has 0 unspecified atom stereocenters. The first-order valence-electron chi connectivity index (χ1n) is 12.6. The first-order chi connectivity index (χ1) is 18.5. The van der Waals surface area contributed by atoms with Gasteiger partial charge in [0.1, 0.15) is 6.04 Å². The molecule has 0 aliphatic heterocycles. The average Bonchev–Trinajstić information content (AvgIpc) is 3.12. The molecule has 2 aromatic carbocycles. The van der Waals surface area contributed by atoms with E-state index in [2.05, 4.69) is 16.0 Å². The van der Waals surface area contributed by atoms with E-state index in [-0.39, 0.29) is 24.1 Å². The van der Waals surface area contributed by atoms with Crippen LogP contribution < -0.4 is 35.6 Å². The summed E-state index contributed by atoms with van der Waals surface area (Å²) in [6.07, 6.45) is 1.08. The summed E-state index contributed by atoms with van der Waals surface area (Å²) in [6.45, 7) is 4.49. The number of fused-ring (bicyclic) bond motifs is 3. The first-order valence-corrected chi connectivity index (χ1v) is 12.6. The number of carboxylic acid groups (broad SMARTS) is 1. The monoisotopic (exact) mass is 541 g/mol. The van der Waals surface area contributed by atoms with Crippen LogP contribution in [0.15, 0.2) is 29.1 Å². The number of hydrogen-bond acceptors (Lipinski definition) is 8. The van der Waals surface area contributed by atoms with Crippen molar-refractivity contribution in [2.75, 3.05) is 33.2 Å². The summed E-state index contributed by atoms with van der Waals surface area (Å²) in [6, 6.07) is 5.07. The van der Waals surface area contributed by atoms with Gasteiger partial charge in [-0.15, -0.1) is 0 Å². The second-order valence-corrected chi connectivity index (χ2v) is 9.58. The summed E-state index contributed by atoms with van der Waals surface area (Å²) in [7, 11) is 4.56. The van der Waals surface area contributed by atoms with Crippen molar-refractivity contribution in [1.29, 1.82) is 0 Å². The number of anilines is 1. The molecule has 39 heavy (non-hydrogen) atoms. The summed E-state index contributed by atoms with van der Waals surface area (Å²) in [5.74, 6) is -0.951. The Balaban J connectivity index is 2.11. The lowest BCUT2D eigenvalue weighted by Gasteiger charge is -2.19. The van der Waals surface area contributed by atoms with Gasteiger partial charge in [0, 0.05) is 12.5 Å². The van der Waals surface area contributed by atoms with Gasteiger partial charge in [0.05, 0.1) is 39.6 Å². The molecular weight excluding hydrogens is 506 g/mol. The fourth-order valence-electron chi connectivity index (χ4n) is 4.77. The van der Waals surface area contributed by atoms with Gasteiger partial charge >= 0.3 is 5.97 Å². The third kappa shape index (κ3) is 6.42. The van der Waals surface area contributed by atoms with E-state index in [1.807, 2.05) is 6.07 Å². The van der Waals surface area contributed by atoms with Gasteiger partial charge in [-0.25, -0.2) is 4.79 Å². The first kappa shape index (κ1) is 29.3. The van der Waals surface area contributed by atoms with Crippen molar-refractivity contribution in [2.24, 2.45) is 5.92 Å². The van der Waals surface area contributed by atoms with E-state index < -0.39 is 29.4 Å². The fraction of sp³-hybridized carbons (Fsp3) is 0.429. The van der Waals surface area contributed by atoms with Crippen molar-refractivity contribution in [3.8, 4) is 28.4 Å². The number of methoxy groups -OCH3 is 3. The van der Waals surface area contributed by atoms with Crippen LogP contribution in [-0.4, -0.2) is 56.8 Å². The molecule has 210 valence electrons. The Hall–Kier alpha value is -4.28. The van der Waals surface area contributed by atoms with Crippen LogP contribution in [-0.2, 0) is 20.8 Å². The number of hydrogen-bond donors (Lipinski definition) is 4. The maximum absolute atomic E-state index is 13.3. The molecule has 0 spiro atoms. The number of aryl methyl sites for hydroxylation is 1. The lowest BCUT2D eigenvalue weighted by Crippen LogP contribution is -2.46. The Morgan fingerprint density at radius 3 is 2.31 bits per heavy atom. The topological polar surface area (TPSA) is 152 Å². The number of aliphatic carboxylic acids is 1. The maximum Gasteiger partial charge on any atom is 0.326 e. The summed E-state index contributed by atoms with van der Waals surface area (Å²) in [5.41, 5.74) is 2.57. The molecule has 0 saturated carbocycles. The minimum absolute atomic E-state index is 0.136. The van der Waals surface area contributed by atoms with E-state index >= 15 is 0 Å². The van der Waals surface area contributed by atoms with E-state index in [4.69, 9.17) is 14.2 Å². The largest absolute Gasteiger partial charge is 0.493 e. The van der Waals surface area contributed by atoms with E-state index in [9.17, 15) is 24.3 Å². The molecular formula is C28H35N3O8. The molecule has 2 amide bonds. The van der Waals surface area contributed by atoms with E-state index in [1.54, 1.807) is 26.0 Å². The molecule has 0 heterocycles. The Labute approximate surface area is 226 Å². The molecule has 4 N–H and O–H groups in total. The van der Waals surface area contributed by atoms with E-state index in [0.29, 0.717) is 46.8 Å². The molecule has 0 fully saturated rings. The molecule has 2 aromatic rings. The van der Waals surface area contributed by atoms with Gasteiger partial charge in [0.15, 0.2) is 11.5 Å². The number of nitrogens with one attached hydrogen (secondary N) is 3. The molecule has 2 atom stereocenters. The van der Waals surface area contributed by atoms with Crippen LogP contribution in [0.5, 0.6) is 17.2 Å². The Bertz CT molecular complexity index is 1320. The van der Waals surface area contributed by atoms with Gasteiger partial charge in [0.2, 0.25) is 23.0 Å². The minimum atomic E-state index is -1.14. The molecule has 1 aliphatic rings. The highest BCUT2D eigenvalue weighted by molar-refractivity contribution is 5.87. The zero-order valence-corrected chi connectivity index (χ0v) is 23.0. The number of carbonyl (C=O) groups is 3. The normalized spacial score (nSPS) is 14.7. The smallest absolute Gasteiger partial charge is 0.326 e. The number of amides is 2. The van der Waals surface area contributed by atoms with E-state index in [0.717, 1.165) is 5.56 Å². The van der Waals surface area contributed by atoms with Gasteiger partial charge in [0.25, 0.3) is 0 Å². The molecule has 0 bridgehead atoms. The summed E-state index contributed by atoms with van der Waals surface area (Å²) >= 11 is 0. The summed E-state index contributed by atoms with van der Waals surface area (Å²) in [4.78, 5) is 49.2. The fourth-order valence-corrected chi connectivity index (χ4v) is 4.77. The molecule has 11 heteroatoms. The van der Waals surface area contributed by atoms with Crippen molar-refractivity contribution in [3.05, 3.63) is 45.6 Å². The van der Waals surface area contributed by atoms with Crippen LogP contribution >= 0.6 is 0 Å². The van der Waals surface area contributed by atoms with Crippen molar-refractivity contribution >= 4 is 23.5 Å². The summed E-state index contributed by atoms with van der Waals surface area (Å²) in [5, 5.41) is 17.6. The Morgan fingerprint density at radius 2 is 1.74 bits per heavy atom. The van der Waals surface area contributed by atoms with Crippen LogP contribution in [0.25, 0.3) is 11.1 Å². The highest BCUT2D eigenvalue weighted by atomic mass is 16.5. The zero-order valence-electron chi connectivity index (χ0n) is 23.0. The van der Waals surface area contributed by atoms with Crippen LogP contribution in [0.4, 0.5) is 5.69 Å². The van der Waals surface area contributed by atoms with Crippen LogP contribution in [0.2, 0.25) is 0 Å². The average molecular weight is 542 g/mol. The SMILES string of the molecule is COc1cc2c(c(OC)c1OC)-c1ccc(NCC(=O)N[C@@H](C(=O)O)C(C)C)c(=O)cc1[C@H](NC(C)=O)CC2. The van der Waals surface area contributed by atoms with Crippen LogP contribution in [0.1, 0.15) is 44.4 Å². The zero-order chi connectivity index (χ0) is 28.9. The maximum atomic E-state index is 13.3. The number of benzene rings is 1. The molecule has 0 aromatic heterocycles. The summed E-state index contributed by atoms with van der Waals surface area (Å²) < 4.78 is 16.9. The number of rotatable bonds is 10. The number of carbonyl (C=O) groups excluding carboxylic acids is 2. The number of ether oxygens (including phenoxy) is 3. The van der Waals surface area contributed by atoms with Crippen LogP contribution in [0.3, 0.4) is 0 Å². The molecule has 3 rings (SSSR count). The van der Waals surface area contributed by atoms with Gasteiger partial charge in [-0.2, -0.15) is 0 Å². The molecule has 0 saturated heterocycles. The Morgan fingerprint density at radius 1 is 1.05 bits per heavy atom. The van der Waals surface area contributed by atoms with Gasteiger partial charge < -0.3 is 35.3 Å². The quantitative estimate of drug-likeness (QED) is 0.355. The van der Waals surface area contributed by atoms with Gasteiger partial charge in [-0.1, -0.05) is 19.9 Å². The standard InChI is InChI=1S/C28H35N3O8/c1-14(2)25(28(35)36)31-23(34)13-29-20-10-8-17-18(12-21(20)33)19(30-15(3)32)9-7-16-11-22(37-4)26(38-5)27(39-6)24(16)17/h8,10-12,14,19,25H,7,9,13H2,1-6H3,(H,29,33)(H,30,32)(H,31,34)(H,35,36)/t19-,25-/m1/s1. The molecule has 1 aliphatic carbocycles. The van der Waals surface area contributed by atoms with Crippen molar-refractivity contribution in [1.82, 2.24) is 10.6 Å². The lowest BCUT2D eigenvalue weighted by molar-refractivity contribution is -0.142. The van der Waals surface area contributed by atoms with Gasteiger partial charge in [-0.05, 0) is 53.6 Å². The second-order valence-electron chi connectivity index (χ2n) is 9.58. The second kappa shape index (κ2) is 12.5. The van der Waals surface area contributed by atoms with Crippen molar-refractivity contribution in [2.45, 2.75) is 45.7 Å². The third-order valence-corrected chi connectivity index (χ3v) is 6.60. The molecule has 0 radical (unpaired) electrons.